The second kappa shape index (κ2) is 8.91. The van der Waals surface area contributed by atoms with Gasteiger partial charge in [-0.25, -0.2) is 8.42 Å². The summed E-state index contributed by atoms with van der Waals surface area (Å²) >= 11 is 0. The first-order chi connectivity index (χ1) is 13.8. The lowest BCUT2D eigenvalue weighted by Crippen LogP contribution is -2.14. The largest absolute Gasteiger partial charge is 0.494 e. The highest BCUT2D eigenvalue weighted by Crippen LogP contribution is 2.32. The van der Waals surface area contributed by atoms with Crippen LogP contribution in [0.25, 0.3) is 22.2 Å². The van der Waals surface area contributed by atoms with Crippen molar-refractivity contribution in [2.45, 2.75) is 40.7 Å². The molecule has 0 radical (unpaired) electrons. The summed E-state index contributed by atoms with van der Waals surface area (Å²) in [4.78, 5) is 0. The monoisotopic (exact) mass is 414 g/mol. The Morgan fingerprint density at radius 1 is 1.03 bits per heavy atom. The maximum absolute atomic E-state index is 11.8. The highest BCUT2D eigenvalue weighted by molar-refractivity contribution is 7.92. The number of fused-ring (bicyclic) bond motifs is 1. The van der Waals surface area contributed by atoms with Gasteiger partial charge in [0.1, 0.15) is 5.75 Å². The predicted molar refractivity (Wildman–Crippen MR) is 121 cm³/mol. The number of hydrogen-bond acceptors (Lipinski definition) is 3. The van der Waals surface area contributed by atoms with E-state index in [1.165, 1.54) is 5.39 Å². The molecule has 3 aromatic rings. The van der Waals surface area contributed by atoms with E-state index >= 15 is 0 Å². The van der Waals surface area contributed by atoms with Crippen molar-refractivity contribution in [1.82, 2.24) is 4.57 Å². The molecule has 0 atom stereocenters. The minimum absolute atomic E-state index is 0.0559. The van der Waals surface area contributed by atoms with E-state index < -0.39 is 10.0 Å². The molecule has 0 unspecified atom stereocenters. The van der Waals surface area contributed by atoms with Crippen molar-refractivity contribution >= 4 is 26.6 Å². The first-order valence-electron chi connectivity index (χ1n) is 10.2. The molecular weight excluding hydrogens is 384 g/mol. The van der Waals surface area contributed by atoms with Crippen LogP contribution in [-0.4, -0.2) is 25.3 Å². The van der Waals surface area contributed by atoms with Gasteiger partial charge in [-0.15, -0.1) is 0 Å². The van der Waals surface area contributed by atoms with Gasteiger partial charge in [-0.05, 0) is 62.1 Å². The minimum atomic E-state index is -3.28. The first kappa shape index (κ1) is 21.2. The number of hydrogen-bond donors (Lipinski definition) is 1. The molecule has 1 heterocycles. The average molecular weight is 415 g/mol. The number of aryl methyl sites for hydroxylation is 1. The van der Waals surface area contributed by atoms with E-state index in [2.05, 4.69) is 41.3 Å². The van der Waals surface area contributed by atoms with E-state index in [1.807, 2.05) is 37.3 Å². The summed E-state index contributed by atoms with van der Waals surface area (Å²) in [5.41, 5.74) is 3.92. The smallest absolute Gasteiger partial charge is 0.232 e. The number of nitrogens with one attached hydrogen (secondary N) is 1. The molecule has 6 heteroatoms. The van der Waals surface area contributed by atoms with Crippen molar-refractivity contribution in [2.75, 3.05) is 17.1 Å². The molecule has 0 saturated heterocycles. The van der Waals surface area contributed by atoms with Crippen LogP contribution in [0.5, 0.6) is 5.75 Å². The van der Waals surface area contributed by atoms with Crippen molar-refractivity contribution in [3.63, 3.8) is 0 Å². The highest BCUT2D eigenvalue weighted by Gasteiger charge is 2.13. The molecule has 1 N–H and O–H groups in total. The van der Waals surface area contributed by atoms with Crippen molar-refractivity contribution < 1.29 is 13.2 Å². The number of aromatic nitrogens is 1. The van der Waals surface area contributed by atoms with Gasteiger partial charge in [0.05, 0.1) is 17.9 Å². The van der Waals surface area contributed by atoms with Crippen LogP contribution in [0.1, 0.15) is 34.1 Å². The molecule has 0 fully saturated rings. The van der Waals surface area contributed by atoms with Gasteiger partial charge in [-0.3, -0.25) is 4.72 Å². The van der Waals surface area contributed by atoms with Crippen molar-refractivity contribution in [1.29, 1.82) is 0 Å². The summed E-state index contributed by atoms with van der Waals surface area (Å²) < 4.78 is 34.2. The molecule has 0 bridgehead atoms. The van der Waals surface area contributed by atoms with Crippen LogP contribution in [-0.2, 0) is 16.6 Å². The fourth-order valence-corrected chi connectivity index (χ4v) is 3.96. The van der Waals surface area contributed by atoms with Gasteiger partial charge in [-0.1, -0.05) is 26.0 Å². The zero-order valence-electron chi connectivity index (χ0n) is 17.6. The quantitative estimate of drug-likeness (QED) is 0.502. The lowest BCUT2D eigenvalue weighted by Gasteiger charge is -2.14. The third kappa shape index (κ3) is 5.12. The van der Waals surface area contributed by atoms with E-state index in [1.54, 1.807) is 6.92 Å². The second-order valence-electron chi connectivity index (χ2n) is 7.60. The fourth-order valence-electron chi connectivity index (χ4n) is 3.32. The first-order valence-corrected chi connectivity index (χ1v) is 11.8. The van der Waals surface area contributed by atoms with Crippen LogP contribution >= 0.6 is 0 Å². The number of anilines is 1. The number of benzene rings is 2. The zero-order valence-corrected chi connectivity index (χ0v) is 18.4. The Balaban J connectivity index is 2.01. The molecule has 5 nitrogen and oxygen atoms in total. The molecule has 0 saturated carbocycles. The molecule has 3 rings (SSSR count). The molecule has 1 aromatic heterocycles. The number of nitrogens with zero attached hydrogens (tertiary/aromatic N) is 1. The Labute approximate surface area is 173 Å². The highest BCUT2D eigenvalue weighted by atomic mass is 32.2. The third-order valence-corrected chi connectivity index (χ3v) is 6.26. The molecule has 0 aliphatic rings. The molecule has 0 spiro atoms. The van der Waals surface area contributed by atoms with Gasteiger partial charge in [0.15, 0.2) is 0 Å². The summed E-state index contributed by atoms with van der Waals surface area (Å²) in [6.45, 7) is 9.62. The normalized spacial score (nSPS) is 11.9. The molecule has 0 aliphatic carbocycles. The lowest BCUT2D eigenvalue weighted by atomic mass is 10.1. The van der Waals surface area contributed by atoms with Crippen LogP contribution in [0.4, 0.5) is 5.69 Å². The summed E-state index contributed by atoms with van der Waals surface area (Å²) in [7, 11) is -3.28. The van der Waals surface area contributed by atoms with Crippen LogP contribution < -0.4 is 9.46 Å². The van der Waals surface area contributed by atoms with E-state index in [-0.39, 0.29) is 5.75 Å². The standard InChI is InChI=1S/C23H30N2O3S/c1-5-28-21-12-9-19-15-22(25(23(19)16-21)14-13-17(3)4)18-7-10-20(11-8-18)24-29(26,27)6-2/h7-12,15-17,24H,5-6,13-14H2,1-4H3. The summed E-state index contributed by atoms with van der Waals surface area (Å²) in [5.74, 6) is 1.53. The lowest BCUT2D eigenvalue weighted by molar-refractivity contribution is 0.340. The zero-order chi connectivity index (χ0) is 21.0. The summed E-state index contributed by atoms with van der Waals surface area (Å²) in [6, 6.07) is 16.0. The maximum Gasteiger partial charge on any atom is 0.232 e. The van der Waals surface area contributed by atoms with E-state index in [9.17, 15) is 8.42 Å². The van der Waals surface area contributed by atoms with E-state index in [0.29, 0.717) is 18.2 Å². The fraction of sp³-hybridized carbons (Fsp3) is 0.391. The number of ether oxygens (including phenoxy) is 1. The Morgan fingerprint density at radius 2 is 1.76 bits per heavy atom. The molecule has 2 aromatic carbocycles. The van der Waals surface area contributed by atoms with Gasteiger partial charge in [-0.2, -0.15) is 0 Å². The third-order valence-electron chi connectivity index (χ3n) is 4.95. The Bertz CT molecular complexity index is 1070. The second-order valence-corrected chi connectivity index (χ2v) is 9.61. The topological polar surface area (TPSA) is 60.3 Å². The Morgan fingerprint density at radius 3 is 2.38 bits per heavy atom. The minimum Gasteiger partial charge on any atom is -0.494 e. The molecule has 0 amide bonds. The molecule has 0 aliphatic heterocycles. The van der Waals surface area contributed by atoms with Crippen molar-refractivity contribution in [3.05, 3.63) is 48.5 Å². The molecule has 29 heavy (non-hydrogen) atoms. The maximum atomic E-state index is 11.8. The SMILES string of the molecule is CCOc1ccc2cc(-c3ccc(NS(=O)(=O)CC)cc3)n(CCC(C)C)c2c1. The van der Waals surface area contributed by atoms with Crippen molar-refractivity contribution in [3.8, 4) is 17.0 Å². The predicted octanol–water partition coefficient (Wildman–Crippen LogP) is 5.51. The summed E-state index contributed by atoms with van der Waals surface area (Å²) in [5, 5.41) is 1.17. The van der Waals surface area contributed by atoms with Crippen LogP contribution in [0, 0.1) is 5.92 Å². The van der Waals surface area contributed by atoms with Gasteiger partial charge in [0.25, 0.3) is 0 Å². The summed E-state index contributed by atoms with van der Waals surface area (Å²) in [6.07, 6.45) is 1.07. The molecule has 156 valence electrons. The van der Waals surface area contributed by atoms with Gasteiger partial charge < -0.3 is 9.30 Å². The Hall–Kier alpha value is -2.47. The van der Waals surface area contributed by atoms with Crippen LogP contribution in [0.2, 0.25) is 0 Å². The van der Waals surface area contributed by atoms with Crippen LogP contribution in [0.15, 0.2) is 48.5 Å². The number of rotatable bonds is 9. The van der Waals surface area contributed by atoms with Gasteiger partial charge >= 0.3 is 0 Å². The van der Waals surface area contributed by atoms with E-state index in [4.69, 9.17) is 4.74 Å². The van der Waals surface area contributed by atoms with Gasteiger partial charge in [0, 0.05) is 29.4 Å². The van der Waals surface area contributed by atoms with E-state index in [0.717, 1.165) is 35.5 Å². The number of sulfonamides is 1. The average Bonchev–Trinajstić information content (AvgIpc) is 3.05. The van der Waals surface area contributed by atoms with Gasteiger partial charge in [0.2, 0.25) is 10.0 Å². The molecular formula is C23H30N2O3S. The van der Waals surface area contributed by atoms with Crippen LogP contribution in [0.3, 0.4) is 0 Å². The van der Waals surface area contributed by atoms with Crippen molar-refractivity contribution in [2.24, 2.45) is 5.92 Å². The Kier molecular flexibility index (Phi) is 6.52.